The molecule has 0 radical (unpaired) electrons. The lowest BCUT2D eigenvalue weighted by molar-refractivity contribution is -0.137. The van der Waals surface area contributed by atoms with Crippen LogP contribution in [0, 0.1) is 12.8 Å². The minimum absolute atomic E-state index is 0.228. The Kier molecular flexibility index (Phi) is 8.56. The summed E-state index contributed by atoms with van der Waals surface area (Å²) < 4.78 is 16.5. The van der Waals surface area contributed by atoms with Crippen LogP contribution in [0.3, 0.4) is 0 Å². The van der Waals surface area contributed by atoms with Crippen LogP contribution in [0.25, 0.3) is 11.0 Å². The van der Waals surface area contributed by atoms with Gasteiger partial charge in [-0.15, -0.1) is 0 Å². The Labute approximate surface area is 211 Å². The predicted octanol–water partition coefficient (Wildman–Crippen LogP) is 5.93. The van der Waals surface area contributed by atoms with Crippen LogP contribution in [0.15, 0.2) is 57.7 Å². The number of esters is 1. The largest absolute Gasteiger partial charge is 0.444 e. The average molecular weight is 494 g/mol. The molecular formula is C29H35NO6. The normalized spacial score (nSPS) is 12.4. The number of amides is 1. The number of hydrogen-bond donors (Lipinski definition) is 1. The van der Waals surface area contributed by atoms with Crippen LogP contribution in [0.4, 0.5) is 4.79 Å². The molecular weight excluding hydrogens is 458 g/mol. The van der Waals surface area contributed by atoms with Crippen molar-refractivity contribution < 1.29 is 23.5 Å². The third kappa shape index (κ3) is 7.44. The van der Waals surface area contributed by atoms with Gasteiger partial charge in [0.2, 0.25) is 0 Å². The van der Waals surface area contributed by atoms with Gasteiger partial charge >= 0.3 is 17.7 Å². The van der Waals surface area contributed by atoms with E-state index >= 15 is 0 Å². The maximum atomic E-state index is 13.0. The number of ether oxygens (including phenoxy) is 2. The highest BCUT2D eigenvalue weighted by Gasteiger charge is 2.26. The van der Waals surface area contributed by atoms with E-state index in [1.807, 2.05) is 51.1 Å². The minimum Gasteiger partial charge on any atom is -0.444 e. The van der Waals surface area contributed by atoms with Crippen molar-refractivity contribution in [3.63, 3.8) is 0 Å². The van der Waals surface area contributed by atoms with E-state index in [1.165, 1.54) is 6.07 Å². The van der Waals surface area contributed by atoms with E-state index in [0.717, 1.165) is 16.5 Å². The van der Waals surface area contributed by atoms with Gasteiger partial charge in [-0.25, -0.2) is 14.4 Å². The number of carbonyl (C=O) groups is 2. The van der Waals surface area contributed by atoms with E-state index in [1.54, 1.807) is 32.9 Å². The van der Waals surface area contributed by atoms with Crippen LogP contribution < -0.4 is 15.7 Å². The fourth-order valence-electron chi connectivity index (χ4n) is 3.83. The molecule has 1 heterocycles. The topological polar surface area (TPSA) is 94.8 Å². The summed E-state index contributed by atoms with van der Waals surface area (Å²) in [5, 5.41) is 3.39. The molecule has 0 aliphatic heterocycles. The Morgan fingerprint density at radius 2 is 1.72 bits per heavy atom. The van der Waals surface area contributed by atoms with E-state index < -0.39 is 29.3 Å². The number of rotatable bonds is 8. The first-order valence-electron chi connectivity index (χ1n) is 12.2. The minimum atomic E-state index is -0.875. The molecule has 0 saturated heterocycles. The molecule has 1 atom stereocenters. The molecule has 1 N–H and O–H groups in total. The first-order valence-corrected chi connectivity index (χ1v) is 12.2. The van der Waals surface area contributed by atoms with E-state index in [4.69, 9.17) is 13.9 Å². The van der Waals surface area contributed by atoms with Crippen LogP contribution in [0.1, 0.15) is 64.2 Å². The standard InChI is InChI=1S/C29H35NO6/c1-18(2)12-15-24(30-28(33)36-29(4,5)6)27(32)34-21-13-14-22-19(3)23(26(31)35-25(22)17-21)16-20-10-8-7-9-11-20/h7-11,13-14,17-18,24H,12,15-16H2,1-6H3,(H,30,33). The molecule has 1 unspecified atom stereocenters. The van der Waals surface area contributed by atoms with E-state index in [0.29, 0.717) is 36.3 Å². The summed E-state index contributed by atoms with van der Waals surface area (Å²) in [4.78, 5) is 38.0. The number of hydrogen-bond acceptors (Lipinski definition) is 6. The molecule has 0 aliphatic carbocycles. The van der Waals surface area contributed by atoms with Crippen LogP contribution in [0.5, 0.6) is 5.75 Å². The van der Waals surface area contributed by atoms with E-state index in [-0.39, 0.29) is 5.75 Å². The Morgan fingerprint density at radius 1 is 1.03 bits per heavy atom. The van der Waals surface area contributed by atoms with Crippen molar-refractivity contribution >= 4 is 23.0 Å². The summed E-state index contributed by atoms with van der Waals surface area (Å²) in [6.45, 7) is 11.2. The number of fused-ring (bicyclic) bond motifs is 1. The molecule has 192 valence electrons. The van der Waals surface area contributed by atoms with Crippen LogP contribution in [-0.4, -0.2) is 23.7 Å². The fraction of sp³-hybridized carbons (Fsp3) is 0.414. The molecule has 2 aromatic carbocycles. The number of nitrogens with one attached hydrogen (secondary N) is 1. The number of carbonyl (C=O) groups excluding carboxylic acids is 2. The van der Waals surface area contributed by atoms with Gasteiger partial charge in [0.1, 0.15) is 23.0 Å². The van der Waals surface area contributed by atoms with Crippen molar-refractivity contribution in [2.75, 3.05) is 0 Å². The van der Waals surface area contributed by atoms with Gasteiger partial charge in [0.15, 0.2) is 0 Å². The molecule has 0 spiro atoms. The van der Waals surface area contributed by atoms with Gasteiger partial charge in [-0.05, 0) is 69.7 Å². The zero-order chi connectivity index (χ0) is 26.5. The lowest BCUT2D eigenvalue weighted by Gasteiger charge is -2.23. The zero-order valence-corrected chi connectivity index (χ0v) is 21.8. The SMILES string of the molecule is Cc1c(Cc2ccccc2)c(=O)oc2cc(OC(=O)C(CCC(C)C)NC(=O)OC(C)(C)C)ccc12. The monoisotopic (exact) mass is 493 g/mol. The summed E-state index contributed by atoms with van der Waals surface area (Å²) in [6, 6.07) is 13.8. The summed E-state index contributed by atoms with van der Waals surface area (Å²) in [5.41, 5.74) is 1.65. The van der Waals surface area contributed by atoms with Gasteiger partial charge < -0.3 is 19.2 Å². The van der Waals surface area contributed by atoms with Crippen molar-refractivity contribution in [3.8, 4) is 5.75 Å². The average Bonchev–Trinajstić information content (AvgIpc) is 2.78. The fourth-order valence-corrected chi connectivity index (χ4v) is 3.83. The first kappa shape index (κ1) is 27.0. The highest BCUT2D eigenvalue weighted by atomic mass is 16.6. The number of alkyl carbamates (subject to hydrolysis) is 1. The summed E-state index contributed by atoms with van der Waals surface area (Å²) in [7, 11) is 0. The van der Waals surface area contributed by atoms with Crippen LogP contribution in [-0.2, 0) is 16.0 Å². The van der Waals surface area contributed by atoms with Gasteiger partial charge in [-0.3, -0.25) is 0 Å². The summed E-state index contributed by atoms with van der Waals surface area (Å²) in [5.74, 6) is -0.0456. The first-order chi connectivity index (χ1) is 16.9. The second-order valence-corrected chi connectivity index (χ2v) is 10.4. The second-order valence-electron chi connectivity index (χ2n) is 10.4. The van der Waals surface area contributed by atoms with Crippen molar-refractivity contribution in [2.24, 2.45) is 5.92 Å². The Hall–Kier alpha value is -3.61. The third-order valence-corrected chi connectivity index (χ3v) is 5.71. The van der Waals surface area contributed by atoms with Gasteiger partial charge in [0.05, 0.1) is 0 Å². The van der Waals surface area contributed by atoms with Gasteiger partial charge in [-0.1, -0.05) is 44.2 Å². The van der Waals surface area contributed by atoms with Crippen molar-refractivity contribution in [2.45, 2.75) is 72.4 Å². The number of aryl methyl sites for hydroxylation is 1. The molecule has 3 rings (SSSR count). The summed E-state index contributed by atoms with van der Waals surface area (Å²) >= 11 is 0. The molecule has 0 fully saturated rings. The number of benzene rings is 2. The second kappa shape index (κ2) is 11.4. The molecule has 1 aromatic heterocycles. The van der Waals surface area contributed by atoms with Crippen molar-refractivity contribution in [1.82, 2.24) is 5.32 Å². The van der Waals surface area contributed by atoms with E-state index in [2.05, 4.69) is 5.32 Å². The van der Waals surface area contributed by atoms with Gasteiger partial charge in [0.25, 0.3) is 0 Å². The zero-order valence-electron chi connectivity index (χ0n) is 21.8. The van der Waals surface area contributed by atoms with Crippen LogP contribution >= 0.6 is 0 Å². The van der Waals surface area contributed by atoms with E-state index in [9.17, 15) is 14.4 Å². The van der Waals surface area contributed by atoms with Crippen molar-refractivity contribution in [1.29, 1.82) is 0 Å². The quantitative estimate of drug-likeness (QED) is 0.238. The van der Waals surface area contributed by atoms with Crippen molar-refractivity contribution in [3.05, 3.63) is 75.6 Å². The predicted molar refractivity (Wildman–Crippen MR) is 139 cm³/mol. The van der Waals surface area contributed by atoms with Gasteiger partial charge in [-0.2, -0.15) is 0 Å². The highest BCUT2D eigenvalue weighted by molar-refractivity contribution is 5.86. The molecule has 0 saturated carbocycles. The molecule has 7 nitrogen and oxygen atoms in total. The molecule has 1 amide bonds. The lowest BCUT2D eigenvalue weighted by Crippen LogP contribution is -2.45. The molecule has 3 aromatic rings. The Morgan fingerprint density at radius 3 is 2.36 bits per heavy atom. The lowest BCUT2D eigenvalue weighted by atomic mass is 9.99. The maximum Gasteiger partial charge on any atom is 0.408 e. The molecule has 36 heavy (non-hydrogen) atoms. The highest BCUT2D eigenvalue weighted by Crippen LogP contribution is 2.26. The van der Waals surface area contributed by atoms with Crippen LogP contribution in [0.2, 0.25) is 0 Å². The Bertz CT molecular complexity index is 1270. The molecule has 7 heteroatoms. The maximum absolute atomic E-state index is 13.0. The third-order valence-electron chi connectivity index (χ3n) is 5.71. The Balaban J connectivity index is 1.81. The molecule has 0 bridgehead atoms. The summed E-state index contributed by atoms with van der Waals surface area (Å²) in [6.07, 6.45) is 0.904. The van der Waals surface area contributed by atoms with Gasteiger partial charge in [0, 0.05) is 23.4 Å². The molecule has 0 aliphatic rings. The smallest absolute Gasteiger partial charge is 0.408 e.